The van der Waals surface area contributed by atoms with Crippen LogP contribution in [0.15, 0.2) is 59.5 Å². The van der Waals surface area contributed by atoms with Crippen molar-refractivity contribution in [1.82, 2.24) is 9.21 Å². The van der Waals surface area contributed by atoms with Gasteiger partial charge in [0.15, 0.2) is 0 Å². The predicted octanol–water partition coefficient (Wildman–Crippen LogP) is 3.14. The van der Waals surface area contributed by atoms with Crippen LogP contribution in [-0.2, 0) is 21.4 Å². The molecule has 1 fully saturated rings. The van der Waals surface area contributed by atoms with Crippen molar-refractivity contribution in [2.24, 2.45) is 5.92 Å². The molecule has 156 valence electrons. The lowest BCUT2D eigenvalue weighted by atomic mass is 9.97. The van der Waals surface area contributed by atoms with Crippen molar-refractivity contribution in [3.8, 4) is 5.75 Å². The van der Waals surface area contributed by atoms with Gasteiger partial charge in [-0.2, -0.15) is 4.31 Å². The maximum atomic E-state index is 12.9. The van der Waals surface area contributed by atoms with E-state index < -0.39 is 10.0 Å². The molecule has 0 saturated carbocycles. The van der Waals surface area contributed by atoms with Crippen molar-refractivity contribution in [2.45, 2.75) is 31.2 Å². The molecule has 0 N–H and O–H groups in total. The maximum Gasteiger partial charge on any atom is 0.243 e. The molecule has 0 spiro atoms. The Morgan fingerprint density at radius 2 is 1.79 bits per heavy atom. The van der Waals surface area contributed by atoms with Crippen LogP contribution in [-0.4, -0.2) is 50.3 Å². The SMILES string of the molecule is COc1cccc(S(=O)(=O)N2CCC(CN(Cc3ccccc3)C(C)=O)CC2)c1. The molecule has 1 aliphatic heterocycles. The normalized spacial score (nSPS) is 15.8. The third-order valence-corrected chi connectivity index (χ3v) is 7.29. The van der Waals surface area contributed by atoms with Gasteiger partial charge in [-0.1, -0.05) is 36.4 Å². The fourth-order valence-electron chi connectivity index (χ4n) is 3.66. The van der Waals surface area contributed by atoms with Gasteiger partial charge < -0.3 is 9.64 Å². The first-order valence-electron chi connectivity index (χ1n) is 9.84. The molecule has 0 aromatic heterocycles. The number of hydrogen-bond donors (Lipinski definition) is 0. The molecule has 0 bridgehead atoms. The average Bonchev–Trinajstić information content (AvgIpc) is 2.74. The summed E-state index contributed by atoms with van der Waals surface area (Å²) in [6.07, 6.45) is 1.48. The fourth-order valence-corrected chi connectivity index (χ4v) is 5.17. The first-order chi connectivity index (χ1) is 13.9. The topological polar surface area (TPSA) is 66.9 Å². The summed E-state index contributed by atoms with van der Waals surface area (Å²) in [5, 5.41) is 0. The largest absolute Gasteiger partial charge is 0.497 e. The van der Waals surface area contributed by atoms with Crippen LogP contribution in [0.25, 0.3) is 0 Å². The number of ether oxygens (including phenoxy) is 1. The lowest BCUT2D eigenvalue weighted by molar-refractivity contribution is -0.130. The molecule has 1 saturated heterocycles. The van der Waals surface area contributed by atoms with Crippen LogP contribution < -0.4 is 4.74 Å². The van der Waals surface area contributed by atoms with E-state index >= 15 is 0 Å². The van der Waals surface area contributed by atoms with E-state index in [-0.39, 0.29) is 10.8 Å². The minimum Gasteiger partial charge on any atom is -0.497 e. The minimum absolute atomic E-state index is 0.0419. The monoisotopic (exact) mass is 416 g/mol. The second kappa shape index (κ2) is 9.41. The number of carbonyl (C=O) groups is 1. The van der Waals surface area contributed by atoms with Gasteiger partial charge in [-0.3, -0.25) is 4.79 Å². The highest BCUT2D eigenvalue weighted by atomic mass is 32.2. The van der Waals surface area contributed by atoms with Gasteiger partial charge in [0.1, 0.15) is 5.75 Å². The Balaban J connectivity index is 1.61. The van der Waals surface area contributed by atoms with Crippen LogP contribution in [0.2, 0.25) is 0 Å². The van der Waals surface area contributed by atoms with Crippen LogP contribution in [0.5, 0.6) is 5.75 Å². The minimum atomic E-state index is -3.54. The summed E-state index contributed by atoms with van der Waals surface area (Å²) in [6, 6.07) is 16.5. The van der Waals surface area contributed by atoms with E-state index in [9.17, 15) is 13.2 Å². The number of rotatable bonds is 7. The molecular formula is C22H28N2O4S. The van der Waals surface area contributed by atoms with Crippen LogP contribution in [0, 0.1) is 5.92 Å². The number of hydrogen-bond acceptors (Lipinski definition) is 4. The summed E-state index contributed by atoms with van der Waals surface area (Å²) >= 11 is 0. The number of piperidine rings is 1. The van der Waals surface area contributed by atoms with Gasteiger partial charge in [0.2, 0.25) is 15.9 Å². The van der Waals surface area contributed by atoms with Crippen molar-refractivity contribution < 1.29 is 17.9 Å². The van der Waals surface area contributed by atoms with Gasteiger partial charge >= 0.3 is 0 Å². The Bertz CT molecular complexity index is 923. The van der Waals surface area contributed by atoms with Crippen molar-refractivity contribution >= 4 is 15.9 Å². The molecular weight excluding hydrogens is 388 g/mol. The van der Waals surface area contributed by atoms with Gasteiger partial charge in [-0.25, -0.2) is 8.42 Å². The molecule has 29 heavy (non-hydrogen) atoms. The molecule has 3 rings (SSSR count). The summed E-state index contributed by atoms with van der Waals surface area (Å²) < 4.78 is 32.6. The zero-order valence-corrected chi connectivity index (χ0v) is 17.8. The standard InChI is InChI=1S/C22H28N2O4S/c1-18(25)23(16-19-7-4-3-5-8-19)17-20-11-13-24(14-12-20)29(26,27)22-10-6-9-21(15-22)28-2/h3-10,15,20H,11-14,16-17H2,1-2H3. The summed E-state index contributed by atoms with van der Waals surface area (Å²) in [5.41, 5.74) is 1.10. The van der Waals surface area contributed by atoms with Crippen LogP contribution in [0.1, 0.15) is 25.3 Å². The molecule has 0 aliphatic carbocycles. The number of methoxy groups -OCH3 is 1. The highest BCUT2D eigenvalue weighted by molar-refractivity contribution is 7.89. The second-order valence-corrected chi connectivity index (χ2v) is 9.35. The molecule has 1 amide bonds. The van der Waals surface area contributed by atoms with Crippen LogP contribution >= 0.6 is 0 Å². The Labute approximate surface area is 173 Å². The first-order valence-corrected chi connectivity index (χ1v) is 11.3. The van der Waals surface area contributed by atoms with Crippen molar-refractivity contribution in [1.29, 1.82) is 0 Å². The molecule has 0 atom stereocenters. The summed E-state index contributed by atoms with van der Waals surface area (Å²) in [7, 11) is -2.02. The predicted molar refractivity (Wildman–Crippen MR) is 112 cm³/mol. The smallest absolute Gasteiger partial charge is 0.243 e. The Hall–Kier alpha value is -2.38. The highest BCUT2D eigenvalue weighted by Crippen LogP contribution is 2.26. The van der Waals surface area contributed by atoms with E-state index in [1.54, 1.807) is 31.2 Å². The number of carbonyl (C=O) groups excluding carboxylic acids is 1. The molecule has 2 aromatic carbocycles. The Kier molecular flexibility index (Phi) is 6.92. The molecule has 0 radical (unpaired) electrons. The van der Waals surface area contributed by atoms with Crippen molar-refractivity contribution in [3.63, 3.8) is 0 Å². The van der Waals surface area contributed by atoms with Gasteiger partial charge in [-0.15, -0.1) is 0 Å². The average molecular weight is 417 g/mol. The van der Waals surface area contributed by atoms with Crippen LogP contribution in [0.3, 0.4) is 0 Å². The van der Waals surface area contributed by atoms with E-state index in [0.29, 0.717) is 37.8 Å². The lowest BCUT2D eigenvalue weighted by Crippen LogP contribution is -2.42. The van der Waals surface area contributed by atoms with Crippen molar-refractivity contribution in [3.05, 3.63) is 60.2 Å². The van der Waals surface area contributed by atoms with E-state index in [0.717, 1.165) is 18.4 Å². The quantitative estimate of drug-likeness (QED) is 0.695. The Morgan fingerprint density at radius 1 is 1.10 bits per heavy atom. The number of amides is 1. The second-order valence-electron chi connectivity index (χ2n) is 7.41. The molecule has 2 aromatic rings. The van der Waals surface area contributed by atoms with E-state index in [4.69, 9.17) is 4.74 Å². The number of benzene rings is 2. The lowest BCUT2D eigenvalue weighted by Gasteiger charge is -2.34. The maximum absolute atomic E-state index is 12.9. The number of nitrogens with zero attached hydrogens (tertiary/aromatic N) is 2. The summed E-state index contributed by atoms with van der Waals surface area (Å²) in [5.74, 6) is 0.860. The zero-order valence-electron chi connectivity index (χ0n) is 17.0. The fraction of sp³-hybridized carbons (Fsp3) is 0.409. The molecule has 1 aliphatic rings. The third-order valence-electron chi connectivity index (χ3n) is 5.39. The van der Waals surface area contributed by atoms with Gasteiger partial charge in [0.05, 0.1) is 12.0 Å². The molecule has 1 heterocycles. The van der Waals surface area contributed by atoms with Crippen molar-refractivity contribution in [2.75, 3.05) is 26.7 Å². The van der Waals surface area contributed by atoms with Gasteiger partial charge in [0.25, 0.3) is 0 Å². The summed E-state index contributed by atoms with van der Waals surface area (Å²) in [6.45, 7) is 3.74. The van der Waals surface area contributed by atoms with E-state index in [1.807, 2.05) is 35.2 Å². The van der Waals surface area contributed by atoms with E-state index in [1.165, 1.54) is 11.4 Å². The highest BCUT2D eigenvalue weighted by Gasteiger charge is 2.30. The first kappa shape index (κ1) is 21.3. The van der Waals surface area contributed by atoms with Crippen LogP contribution in [0.4, 0.5) is 0 Å². The zero-order chi connectivity index (χ0) is 20.9. The molecule has 7 heteroatoms. The van der Waals surface area contributed by atoms with Gasteiger partial charge in [-0.05, 0) is 36.5 Å². The summed E-state index contributed by atoms with van der Waals surface area (Å²) in [4.78, 5) is 14.2. The molecule has 6 nitrogen and oxygen atoms in total. The van der Waals surface area contributed by atoms with E-state index in [2.05, 4.69) is 0 Å². The molecule has 0 unspecified atom stereocenters. The Morgan fingerprint density at radius 3 is 2.41 bits per heavy atom. The number of sulfonamides is 1. The van der Waals surface area contributed by atoms with Gasteiger partial charge in [0, 0.05) is 39.2 Å². The third kappa shape index (κ3) is 5.36.